The molecule has 1 aliphatic heterocycles. The number of aromatic nitrogens is 2. The van der Waals surface area contributed by atoms with Crippen LogP contribution in [0.25, 0.3) is 11.4 Å². The van der Waals surface area contributed by atoms with Crippen LogP contribution in [-0.2, 0) is 37.6 Å². The first kappa shape index (κ1) is 22.5. The molecule has 0 amide bonds. The van der Waals surface area contributed by atoms with Gasteiger partial charge in [-0.15, -0.1) is 0 Å². The summed E-state index contributed by atoms with van der Waals surface area (Å²) < 4.78 is 13.3. The molecule has 6 heteroatoms. The Kier molecular flexibility index (Phi) is 6.72. The van der Waals surface area contributed by atoms with Crippen molar-refractivity contribution in [3.8, 4) is 17.1 Å². The number of benzene rings is 2. The Bertz CT molecular complexity index is 1130. The Morgan fingerprint density at radius 1 is 1.09 bits per heavy atom. The largest absolute Gasteiger partial charge is 0.493 e. The number of methoxy groups -OCH3 is 1. The minimum absolute atomic E-state index is 0.519. The second kappa shape index (κ2) is 9.88. The molecule has 2 aliphatic rings. The molecule has 2 heterocycles. The van der Waals surface area contributed by atoms with Crippen LogP contribution in [0.3, 0.4) is 0 Å². The predicted molar refractivity (Wildman–Crippen MR) is 132 cm³/mol. The fraction of sp³-hybridized carbons (Fsp3) is 0.444. The van der Waals surface area contributed by atoms with Crippen LogP contribution in [-0.4, -0.2) is 47.4 Å². The van der Waals surface area contributed by atoms with Gasteiger partial charge in [-0.25, -0.2) is 4.98 Å². The monoisotopic (exact) mass is 465 g/mol. The van der Waals surface area contributed by atoms with Crippen LogP contribution in [0.2, 0.25) is 5.02 Å². The summed E-state index contributed by atoms with van der Waals surface area (Å²) in [6.45, 7) is 3.50. The van der Waals surface area contributed by atoms with Gasteiger partial charge in [-0.1, -0.05) is 29.8 Å². The molecule has 33 heavy (non-hydrogen) atoms. The summed E-state index contributed by atoms with van der Waals surface area (Å²) in [7, 11) is 3.85. The standard InChI is InChI=1S/C27H32ClN3O2/c1-30-26-11-9-21(17-25(26)29-27(30)23-6-3-4-7-24(23)28)31-13-12-19-8-10-22(16-20(19)18-31)33-15-5-14-32-2/h3-4,6-8,10,16,21H,5,9,11-15,17-18H2,1-2H3. The van der Waals surface area contributed by atoms with Gasteiger partial charge in [-0.05, 0) is 54.7 Å². The van der Waals surface area contributed by atoms with Crippen LogP contribution in [0, 0.1) is 0 Å². The van der Waals surface area contributed by atoms with E-state index in [1.54, 1.807) is 7.11 Å². The van der Waals surface area contributed by atoms with Gasteiger partial charge in [0.1, 0.15) is 11.6 Å². The number of rotatable bonds is 7. The van der Waals surface area contributed by atoms with E-state index in [2.05, 4.69) is 40.8 Å². The van der Waals surface area contributed by atoms with Crippen molar-refractivity contribution in [2.45, 2.75) is 44.7 Å². The lowest BCUT2D eigenvalue weighted by atomic mass is 9.91. The Balaban J connectivity index is 1.29. The molecule has 1 aromatic heterocycles. The average Bonchev–Trinajstić information content (AvgIpc) is 3.17. The summed E-state index contributed by atoms with van der Waals surface area (Å²) >= 11 is 6.47. The Morgan fingerprint density at radius 3 is 2.82 bits per heavy atom. The lowest BCUT2D eigenvalue weighted by Gasteiger charge is -2.37. The molecule has 2 aromatic carbocycles. The first-order chi connectivity index (χ1) is 16.1. The summed E-state index contributed by atoms with van der Waals surface area (Å²) in [5, 5.41) is 0.757. The number of ether oxygens (including phenoxy) is 2. The van der Waals surface area contributed by atoms with Gasteiger partial charge in [-0.3, -0.25) is 4.90 Å². The van der Waals surface area contributed by atoms with E-state index in [1.165, 1.54) is 22.5 Å². The highest BCUT2D eigenvalue weighted by Crippen LogP contribution is 2.34. The number of fused-ring (bicyclic) bond motifs is 2. The van der Waals surface area contributed by atoms with Gasteiger partial charge in [0.15, 0.2) is 0 Å². The third-order valence-corrected chi connectivity index (χ3v) is 7.38. The highest BCUT2D eigenvalue weighted by atomic mass is 35.5. The Hall–Kier alpha value is -2.34. The zero-order valence-electron chi connectivity index (χ0n) is 19.5. The fourth-order valence-electron chi connectivity index (χ4n) is 5.24. The summed E-state index contributed by atoms with van der Waals surface area (Å²) in [6.07, 6.45) is 5.22. The van der Waals surface area contributed by atoms with Crippen LogP contribution >= 0.6 is 11.6 Å². The summed E-state index contributed by atoms with van der Waals surface area (Å²) in [5.74, 6) is 1.94. The Morgan fingerprint density at radius 2 is 1.97 bits per heavy atom. The lowest BCUT2D eigenvalue weighted by Crippen LogP contribution is -2.42. The molecule has 0 saturated heterocycles. The third-order valence-electron chi connectivity index (χ3n) is 7.05. The maximum atomic E-state index is 6.47. The summed E-state index contributed by atoms with van der Waals surface area (Å²) in [4.78, 5) is 7.70. The van der Waals surface area contributed by atoms with Gasteiger partial charge < -0.3 is 14.0 Å². The second-order valence-corrected chi connectivity index (χ2v) is 9.52. The molecule has 5 rings (SSSR count). The SMILES string of the molecule is COCCCOc1ccc2c(c1)CN(C1CCc3c(nc(-c4ccccc4Cl)n3C)C1)CC2. The van der Waals surface area contributed by atoms with Crippen molar-refractivity contribution in [3.05, 3.63) is 70.0 Å². The van der Waals surface area contributed by atoms with Crippen LogP contribution < -0.4 is 4.74 Å². The quantitative estimate of drug-likeness (QED) is 0.456. The fourth-order valence-corrected chi connectivity index (χ4v) is 5.46. The normalized spacial score (nSPS) is 18.1. The van der Waals surface area contributed by atoms with Crippen molar-refractivity contribution < 1.29 is 9.47 Å². The van der Waals surface area contributed by atoms with Crippen LogP contribution in [0.1, 0.15) is 35.4 Å². The predicted octanol–water partition coefficient (Wildman–Crippen LogP) is 5.07. The molecule has 0 fully saturated rings. The molecule has 1 unspecified atom stereocenters. The van der Waals surface area contributed by atoms with Crippen LogP contribution in [0.5, 0.6) is 5.75 Å². The van der Waals surface area contributed by atoms with E-state index in [0.717, 1.165) is 74.0 Å². The van der Waals surface area contributed by atoms with E-state index in [1.807, 2.05) is 18.2 Å². The second-order valence-electron chi connectivity index (χ2n) is 9.11. The van der Waals surface area contributed by atoms with Crippen molar-refractivity contribution >= 4 is 11.6 Å². The van der Waals surface area contributed by atoms with Gasteiger partial charge in [0.05, 0.1) is 17.3 Å². The first-order valence-electron chi connectivity index (χ1n) is 11.9. The summed E-state index contributed by atoms with van der Waals surface area (Å²) in [6, 6.07) is 15.1. The maximum absolute atomic E-state index is 6.47. The van der Waals surface area contributed by atoms with Crippen LogP contribution in [0.15, 0.2) is 42.5 Å². The molecule has 5 nitrogen and oxygen atoms in total. The van der Waals surface area contributed by atoms with Gasteiger partial charge in [0.2, 0.25) is 0 Å². The van der Waals surface area contributed by atoms with E-state index in [4.69, 9.17) is 26.1 Å². The Labute approximate surface area is 201 Å². The van der Waals surface area contributed by atoms with E-state index in [9.17, 15) is 0 Å². The maximum Gasteiger partial charge on any atom is 0.141 e. The van der Waals surface area contributed by atoms with E-state index in [0.29, 0.717) is 12.6 Å². The van der Waals surface area contributed by atoms with Gasteiger partial charge in [-0.2, -0.15) is 0 Å². The van der Waals surface area contributed by atoms with E-state index in [-0.39, 0.29) is 0 Å². The van der Waals surface area contributed by atoms with Crippen molar-refractivity contribution in [1.29, 1.82) is 0 Å². The van der Waals surface area contributed by atoms with Crippen molar-refractivity contribution in [3.63, 3.8) is 0 Å². The molecule has 1 atom stereocenters. The van der Waals surface area contributed by atoms with E-state index < -0.39 is 0 Å². The number of nitrogens with zero attached hydrogens (tertiary/aromatic N) is 3. The minimum Gasteiger partial charge on any atom is -0.493 e. The molecule has 0 bridgehead atoms. The lowest BCUT2D eigenvalue weighted by molar-refractivity contribution is 0.160. The highest BCUT2D eigenvalue weighted by molar-refractivity contribution is 6.33. The molecule has 0 N–H and O–H groups in total. The molecule has 3 aromatic rings. The zero-order valence-corrected chi connectivity index (χ0v) is 20.3. The van der Waals surface area contributed by atoms with Gasteiger partial charge in [0, 0.05) is 64.0 Å². The number of halogens is 1. The van der Waals surface area contributed by atoms with Gasteiger partial charge in [0.25, 0.3) is 0 Å². The third kappa shape index (κ3) is 4.68. The average molecular weight is 466 g/mol. The molecule has 174 valence electrons. The molecule has 0 radical (unpaired) electrons. The van der Waals surface area contributed by atoms with Crippen molar-refractivity contribution in [1.82, 2.24) is 14.5 Å². The smallest absolute Gasteiger partial charge is 0.141 e. The highest BCUT2D eigenvalue weighted by Gasteiger charge is 2.30. The summed E-state index contributed by atoms with van der Waals surface area (Å²) in [5.41, 5.74) is 6.44. The van der Waals surface area contributed by atoms with Crippen molar-refractivity contribution in [2.24, 2.45) is 7.05 Å². The van der Waals surface area contributed by atoms with Gasteiger partial charge >= 0.3 is 0 Å². The topological polar surface area (TPSA) is 39.5 Å². The number of imidazole rings is 1. The molecule has 0 saturated carbocycles. The van der Waals surface area contributed by atoms with Crippen molar-refractivity contribution in [2.75, 3.05) is 26.9 Å². The van der Waals surface area contributed by atoms with E-state index >= 15 is 0 Å². The number of hydrogen-bond acceptors (Lipinski definition) is 4. The van der Waals surface area contributed by atoms with Crippen LogP contribution in [0.4, 0.5) is 0 Å². The zero-order chi connectivity index (χ0) is 22.8. The minimum atomic E-state index is 0.519. The number of hydrogen-bond donors (Lipinski definition) is 0. The molecular weight excluding hydrogens is 434 g/mol. The molecular formula is C27H32ClN3O2. The first-order valence-corrected chi connectivity index (χ1v) is 12.3. The molecule has 0 spiro atoms. The molecule has 1 aliphatic carbocycles.